The molecule has 10 aromatic carbocycles. The Kier molecular flexibility index (Phi) is 32.2. The van der Waals surface area contributed by atoms with Crippen LogP contribution < -0.4 is 4.74 Å². The van der Waals surface area contributed by atoms with Crippen LogP contribution in [0, 0.1) is 23.7 Å². The van der Waals surface area contributed by atoms with Crippen LogP contribution in [0.4, 0.5) is 35.1 Å². The Balaban J connectivity index is 0.000000147. The lowest BCUT2D eigenvalue weighted by Crippen LogP contribution is -2.23. The first-order valence-corrected chi connectivity index (χ1v) is 51.7. The summed E-state index contributed by atoms with van der Waals surface area (Å²) in [7, 11) is -14.5. The van der Waals surface area contributed by atoms with Gasteiger partial charge in [-0.2, -0.15) is 0 Å². The minimum atomic E-state index is -3.64. The molecule has 0 radical (unpaired) electrons. The summed E-state index contributed by atoms with van der Waals surface area (Å²) in [6.07, 6.45) is 8.18. The molecule has 0 bridgehead atoms. The number of sulfone groups is 4. The first kappa shape index (κ1) is 97.9. The topological polar surface area (TPSA) is 159 Å². The minimum Gasteiger partial charge on any atom is -0.490 e. The van der Waals surface area contributed by atoms with Crippen molar-refractivity contribution < 1.29 is 73.5 Å². The van der Waals surface area contributed by atoms with Crippen LogP contribution in [-0.2, 0) is 89.2 Å². The highest BCUT2D eigenvalue weighted by Gasteiger charge is 2.37. The Morgan fingerprint density at radius 2 is 0.667 bits per heavy atom. The van der Waals surface area contributed by atoms with Crippen LogP contribution in [0.15, 0.2) is 280 Å². The standard InChI is InChI=1S/2C26H26ClF2NO2S.C25H31F2NO3S.C24H25F2NO2S2/c1-26(28,29)23-5-3-7-25(15-23)33(31,32)18-20-12-13-30(17-20)16-19-8-10-21(11-9-19)22-4-2-6-24(27)14-22;1-26(28,29)22-5-4-6-23(15-22)33(31,32)18-20-13-14-30(17-20)16-19-9-11-21(12-10-19)24-7-2-3-8-25(24)27;1-25(26,27)21-5-4-8-24(15-21)32(29,30)18-20-13-14-28(17-20)16-19-9-11-23(12-10-19)31-22-6-2-3-7-22;1-24(25,26)21-4-2-5-22(14-21)31(28,29)17-19-11-12-27(16-19)15-18-7-9-20(10-8-18)23-6-3-13-30-23/h2-11,14-15,20H,12-13,16-18H2,1H3;2-12,15,20H,13-14,16-18H2,1H3;4-5,8-12,15,20,22H,2-3,6-7,13-14,16-18H2,1H3;2-10,13-14,19H,11-12,15-17H2,1H3/t3*20-;19-/m1111/s1. The third kappa shape index (κ3) is 28.0. The molecule has 0 amide bonds. The fraction of sp³-hybridized carbons (Fsp3) is 0.366. The normalized spacial score (nSPS) is 18.3. The van der Waals surface area contributed by atoms with E-state index in [1.165, 1.54) is 107 Å². The molecule has 5 heterocycles. The van der Waals surface area contributed by atoms with Gasteiger partial charge in [0.05, 0.1) is 48.7 Å². The third-order valence-corrected chi connectivity index (χ3v) is 33.3. The molecule has 5 aliphatic rings. The van der Waals surface area contributed by atoms with Crippen LogP contribution in [0.2, 0.25) is 10.0 Å². The van der Waals surface area contributed by atoms with Crippen LogP contribution in [0.25, 0.3) is 32.7 Å². The van der Waals surface area contributed by atoms with Crippen molar-refractivity contribution in [2.24, 2.45) is 23.7 Å². The van der Waals surface area contributed by atoms with Crippen molar-refractivity contribution in [1.82, 2.24) is 19.6 Å². The molecule has 5 fully saturated rings. The number of halogens is 10. The number of hydrogen-bond acceptors (Lipinski definition) is 14. The fourth-order valence-electron chi connectivity index (χ4n) is 17.3. The smallest absolute Gasteiger partial charge is 0.270 e. The fourth-order valence-corrected chi connectivity index (χ4v) is 25.2. The van der Waals surface area contributed by atoms with Gasteiger partial charge in [-0.05, 0) is 236 Å². The van der Waals surface area contributed by atoms with Crippen molar-refractivity contribution >= 4 is 73.9 Å². The summed E-state index contributed by atoms with van der Waals surface area (Å²) in [5, 5.41) is 3.47. The van der Waals surface area contributed by atoms with Crippen LogP contribution in [0.5, 0.6) is 5.75 Å². The number of thiophene rings is 1. The monoisotopic (exact) mass is 1900 g/mol. The molecule has 0 spiro atoms. The van der Waals surface area contributed by atoms with Gasteiger partial charge in [0, 0.05) is 123 Å². The average Bonchev–Trinajstić information content (AvgIpc) is 1.74. The van der Waals surface area contributed by atoms with Gasteiger partial charge in [0.25, 0.3) is 23.7 Å². The van der Waals surface area contributed by atoms with Gasteiger partial charge in [0.2, 0.25) is 0 Å². The highest BCUT2D eigenvalue weighted by Crippen LogP contribution is 2.38. The highest BCUT2D eigenvalue weighted by molar-refractivity contribution is 7.92. The van der Waals surface area contributed by atoms with Crippen molar-refractivity contribution in [2.75, 3.05) is 75.4 Å². The van der Waals surface area contributed by atoms with Gasteiger partial charge in [-0.25, -0.2) is 68.8 Å². The number of nitrogens with zero attached hydrogens (tertiary/aromatic N) is 4. The maximum absolute atomic E-state index is 13.6. The molecule has 129 heavy (non-hydrogen) atoms. The second kappa shape index (κ2) is 42.5. The van der Waals surface area contributed by atoms with Gasteiger partial charge in [0.1, 0.15) is 5.75 Å². The van der Waals surface area contributed by atoms with E-state index in [4.69, 9.17) is 27.9 Å². The number of rotatable bonds is 29. The minimum absolute atomic E-state index is 0.00110. The number of benzene rings is 10. The van der Waals surface area contributed by atoms with Crippen molar-refractivity contribution in [3.05, 3.63) is 315 Å². The van der Waals surface area contributed by atoms with E-state index in [0.717, 1.165) is 182 Å². The van der Waals surface area contributed by atoms with E-state index in [1.807, 2.05) is 78.9 Å². The number of likely N-dealkylation sites (tertiary alicyclic amines) is 4. The molecular formula is C101H108Cl2F8N4O9S5. The predicted molar refractivity (Wildman–Crippen MR) is 499 cm³/mol. The van der Waals surface area contributed by atoms with E-state index in [0.29, 0.717) is 42.3 Å². The number of alkyl halides is 8. The molecule has 686 valence electrons. The van der Waals surface area contributed by atoms with Gasteiger partial charge >= 0.3 is 0 Å². The van der Waals surface area contributed by atoms with E-state index < -0.39 is 63.0 Å². The van der Waals surface area contributed by atoms with Crippen molar-refractivity contribution in [3.8, 4) is 38.4 Å². The molecular weight excluding hydrogens is 1800 g/mol. The Morgan fingerprint density at radius 3 is 0.992 bits per heavy atom. The zero-order valence-electron chi connectivity index (χ0n) is 72.5. The summed E-state index contributed by atoms with van der Waals surface area (Å²) in [5.41, 5.74) is 8.95. The van der Waals surface area contributed by atoms with E-state index in [9.17, 15) is 68.8 Å². The lowest BCUT2D eigenvalue weighted by molar-refractivity contribution is 0.0165. The van der Waals surface area contributed by atoms with Gasteiger partial charge in [-0.1, -0.05) is 193 Å². The van der Waals surface area contributed by atoms with Gasteiger partial charge in [0.15, 0.2) is 39.3 Å². The summed E-state index contributed by atoms with van der Waals surface area (Å²) in [6.45, 7) is 12.1. The molecule has 0 unspecified atom stereocenters. The molecule has 1 aromatic heterocycles. The van der Waals surface area contributed by atoms with Crippen LogP contribution in [-0.4, -0.2) is 135 Å². The number of hydrogen-bond donors (Lipinski definition) is 0. The zero-order valence-corrected chi connectivity index (χ0v) is 78.1. The molecule has 28 heteroatoms. The maximum atomic E-state index is 13.6. The Hall–Kier alpha value is -8.64. The summed E-state index contributed by atoms with van der Waals surface area (Å²) < 4.78 is 218. The van der Waals surface area contributed by atoms with Crippen LogP contribution in [0.1, 0.15) is 124 Å². The second-order valence-electron chi connectivity index (χ2n) is 35.1. The van der Waals surface area contributed by atoms with Crippen LogP contribution >= 0.6 is 34.5 Å². The van der Waals surface area contributed by atoms with E-state index >= 15 is 0 Å². The van der Waals surface area contributed by atoms with Gasteiger partial charge in [-0.15, -0.1) is 11.3 Å². The summed E-state index contributed by atoms with van der Waals surface area (Å²) >= 11 is 14.1. The first-order chi connectivity index (χ1) is 61.1. The van der Waals surface area contributed by atoms with E-state index in [-0.39, 0.29) is 88.5 Å². The molecule has 4 atom stereocenters. The second-order valence-corrected chi connectivity index (χ2v) is 45.0. The molecule has 4 aliphatic heterocycles. The van der Waals surface area contributed by atoms with Crippen molar-refractivity contribution in [1.29, 1.82) is 0 Å². The molecule has 1 aliphatic carbocycles. The molecule has 16 rings (SSSR count). The largest absolute Gasteiger partial charge is 0.490 e. The lowest BCUT2D eigenvalue weighted by Gasteiger charge is -2.18. The molecule has 11 aromatic rings. The average molecular weight is 1910 g/mol. The summed E-state index contributed by atoms with van der Waals surface area (Å²) in [5.74, 6) is -11.5. The van der Waals surface area contributed by atoms with Gasteiger partial charge in [-0.3, -0.25) is 19.6 Å². The maximum Gasteiger partial charge on any atom is 0.270 e. The molecule has 0 N–H and O–H groups in total. The first-order valence-electron chi connectivity index (χ1n) is 43.4. The van der Waals surface area contributed by atoms with Crippen LogP contribution in [0.3, 0.4) is 0 Å². The Labute approximate surface area is 768 Å². The number of ether oxygens (including phenoxy) is 1. The SMILES string of the molecule is CC(F)(F)c1cccc(S(=O)(=O)C[C@@H]2CCN(Cc3ccc(-c4cccc(Cl)c4)cc3)C2)c1.CC(F)(F)c1cccc(S(=O)(=O)C[C@@H]2CCN(Cc3ccc(-c4ccccc4Cl)cc3)C2)c1.CC(F)(F)c1cccc(S(=O)(=O)C[C@@H]2CCN(Cc3ccc(-c4cccs4)cc3)C2)c1.CC(F)(F)c1cccc(S(=O)(=O)C[C@@H]2CCN(Cc3ccc(OC4CCCC4)cc3)C2)c1. The lowest BCUT2D eigenvalue weighted by atomic mass is 10.0. The Bertz CT molecular complexity index is 6060. The highest BCUT2D eigenvalue weighted by atomic mass is 35.5. The van der Waals surface area contributed by atoms with E-state index in [1.54, 1.807) is 11.3 Å². The molecule has 13 nitrogen and oxygen atoms in total. The molecule has 4 saturated heterocycles. The van der Waals surface area contributed by atoms with Gasteiger partial charge < -0.3 is 4.74 Å². The van der Waals surface area contributed by atoms with Crippen molar-refractivity contribution in [3.63, 3.8) is 0 Å². The quantitative estimate of drug-likeness (QED) is 0.0408. The summed E-state index contributed by atoms with van der Waals surface area (Å²) in [4.78, 5) is 10.1. The zero-order chi connectivity index (χ0) is 92.1. The predicted octanol–water partition coefficient (Wildman–Crippen LogP) is 24.1. The van der Waals surface area contributed by atoms with Crippen molar-refractivity contribution in [2.45, 2.75) is 155 Å². The Morgan fingerprint density at radius 1 is 0.341 bits per heavy atom. The molecule has 1 saturated carbocycles. The summed E-state index contributed by atoms with van der Waals surface area (Å²) in [6, 6.07) is 73.4. The van der Waals surface area contributed by atoms with E-state index in [2.05, 4.69) is 104 Å². The third-order valence-electron chi connectivity index (χ3n) is 24.3.